The number of benzene rings is 3. The number of hydrogen-bond donors (Lipinski definition) is 0. The Bertz CT molecular complexity index is 1220. The van der Waals surface area contributed by atoms with Gasteiger partial charge in [0.25, 0.3) is 0 Å². The molecule has 0 saturated carbocycles. The molecule has 5 rings (SSSR count). The molecule has 3 aromatic carbocycles. The summed E-state index contributed by atoms with van der Waals surface area (Å²) in [4.78, 5) is 4.15. The molecular weight excluding hydrogens is 336 g/mol. The Morgan fingerprint density at radius 2 is 1.70 bits per heavy atom. The van der Waals surface area contributed by atoms with Crippen molar-refractivity contribution in [3.63, 3.8) is 0 Å². The fourth-order valence-electron chi connectivity index (χ4n) is 3.59. The molecule has 0 aliphatic heterocycles. The number of rotatable bonds is 4. The highest BCUT2D eigenvalue weighted by molar-refractivity contribution is 6.10. The van der Waals surface area contributed by atoms with E-state index < -0.39 is 0 Å². The zero-order chi connectivity index (χ0) is 18.2. The van der Waals surface area contributed by atoms with E-state index in [-0.39, 0.29) is 0 Å². The molecule has 5 nitrogen and oxygen atoms in total. The van der Waals surface area contributed by atoms with Crippen LogP contribution in [0.3, 0.4) is 0 Å². The molecule has 5 aromatic rings. The molecule has 0 radical (unpaired) electrons. The lowest BCUT2D eigenvalue weighted by Crippen LogP contribution is -2.00. The molecule has 5 heteroatoms. The van der Waals surface area contributed by atoms with Gasteiger partial charge in [-0.1, -0.05) is 42.5 Å². The first kappa shape index (κ1) is 15.6. The van der Waals surface area contributed by atoms with Crippen LogP contribution in [0.25, 0.3) is 27.4 Å². The summed E-state index contributed by atoms with van der Waals surface area (Å²) >= 11 is 0. The van der Waals surface area contributed by atoms with Gasteiger partial charge in [0.05, 0.1) is 36.9 Å². The van der Waals surface area contributed by atoms with Crippen molar-refractivity contribution in [1.82, 2.24) is 19.3 Å². The van der Waals surface area contributed by atoms with Crippen LogP contribution in [0.15, 0.2) is 79.4 Å². The van der Waals surface area contributed by atoms with Crippen molar-refractivity contribution < 1.29 is 4.74 Å². The first-order valence-corrected chi connectivity index (χ1v) is 8.83. The predicted octanol–water partition coefficient (Wildman–Crippen LogP) is 4.43. The third kappa shape index (κ3) is 2.56. The second-order valence-electron chi connectivity index (χ2n) is 6.45. The van der Waals surface area contributed by atoms with E-state index in [0.717, 1.165) is 38.8 Å². The first-order chi connectivity index (χ1) is 13.3. The molecule has 0 amide bonds. The standard InChI is InChI=1S/C22H18N4O/c1-27-21-13-19-20(14-25-12-11-23-15-25)24-26(16-7-3-2-4-8-16)22(19)18-10-6-5-9-17(18)21/h2-13,15H,14H2,1H3. The van der Waals surface area contributed by atoms with Gasteiger partial charge in [-0.15, -0.1) is 0 Å². The van der Waals surface area contributed by atoms with Crippen LogP contribution in [0.2, 0.25) is 0 Å². The fourth-order valence-corrected chi connectivity index (χ4v) is 3.59. The molecule has 0 fully saturated rings. The van der Waals surface area contributed by atoms with Gasteiger partial charge in [-0.25, -0.2) is 9.67 Å². The topological polar surface area (TPSA) is 44.9 Å². The molecule has 0 bridgehead atoms. The maximum absolute atomic E-state index is 5.68. The number of para-hydroxylation sites is 1. The van der Waals surface area contributed by atoms with Gasteiger partial charge in [-0.05, 0) is 18.2 Å². The molecule has 0 aliphatic rings. The largest absolute Gasteiger partial charge is 0.496 e. The second-order valence-corrected chi connectivity index (χ2v) is 6.45. The van der Waals surface area contributed by atoms with Gasteiger partial charge in [0.15, 0.2) is 0 Å². The third-order valence-electron chi connectivity index (χ3n) is 4.83. The Balaban J connectivity index is 1.87. The number of aromatic nitrogens is 4. The highest BCUT2D eigenvalue weighted by atomic mass is 16.5. The van der Waals surface area contributed by atoms with Crippen LogP contribution in [-0.2, 0) is 6.54 Å². The van der Waals surface area contributed by atoms with Crippen molar-refractivity contribution in [3.8, 4) is 11.4 Å². The normalized spacial score (nSPS) is 11.3. The van der Waals surface area contributed by atoms with Crippen molar-refractivity contribution >= 4 is 21.7 Å². The number of nitrogens with zero attached hydrogens (tertiary/aromatic N) is 4. The Hall–Kier alpha value is -3.60. The van der Waals surface area contributed by atoms with E-state index in [9.17, 15) is 0 Å². The molecule has 2 aromatic heterocycles. The summed E-state index contributed by atoms with van der Waals surface area (Å²) in [5.74, 6) is 0.859. The SMILES string of the molecule is COc1cc2c(Cn3ccnc3)nn(-c3ccccc3)c2c2ccccc12. The quantitative estimate of drug-likeness (QED) is 0.479. The Labute approximate surface area is 156 Å². The summed E-state index contributed by atoms with van der Waals surface area (Å²) < 4.78 is 9.74. The Morgan fingerprint density at radius 3 is 2.44 bits per heavy atom. The van der Waals surface area contributed by atoms with Crippen molar-refractivity contribution in [2.45, 2.75) is 6.54 Å². The van der Waals surface area contributed by atoms with E-state index >= 15 is 0 Å². The molecule has 132 valence electrons. The second kappa shape index (κ2) is 6.29. The van der Waals surface area contributed by atoms with Crippen molar-refractivity contribution in [2.75, 3.05) is 7.11 Å². The smallest absolute Gasteiger partial charge is 0.127 e. The Morgan fingerprint density at radius 1 is 0.926 bits per heavy atom. The van der Waals surface area contributed by atoms with E-state index in [0.29, 0.717) is 6.54 Å². The third-order valence-corrected chi connectivity index (χ3v) is 4.83. The van der Waals surface area contributed by atoms with Gasteiger partial charge >= 0.3 is 0 Å². The lowest BCUT2D eigenvalue weighted by atomic mass is 10.0. The molecule has 0 unspecified atom stereocenters. The number of fused-ring (bicyclic) bond motifs is 3. The zero-order valence-electron chi connectivity index (χ0n) is 14.9. The van der Waals surface area contributed by atoms with Crippen LogP contribution in [-0.4, -0.2) is 26.4 Å². The number of ether oxygens (including phenoxy) is 1. The molecule has 0 spiro atoms. The van der Waals surface area contributed by atoms with Gasteiger partial charge in [0, 0.05) is 28.6 Å². The van der Waals surface area contributed by atoms with Crippen molar-refractivity contribution in [1.29, 1.82) is 0 Å². The molecular formula is C22H18N4O. The fraction of sp³-hybridized carbons (Fsp3) is 0.0909. The van der Waals surface area contributed by atoms with Crippen LogP contribution in [0.4, 0.5) is 0 Å². The number of imidazole rings is 1. The summed E-state index contributed by atoms with van der Waals surface area (Å²) in [6.45, 7) is 0.651. The van der Waals surface area contributed by atoms with E-state index in [1.165, 1.54) is 0 Å². The van der Waals surface area contributed by atoms with Crippen LogP contribution in [0, 0.1) is 0 Å². The van der Waals surface area contributed by atoms with Crippen LogP contribution < -0.4 is 4.74 Å². The molecule has 2 heterocycles. The highest BCUT2D eigenvalue weighted by Gasteiger charge is 2.17. The van der Waals surface area contributed by atoms with E-state index in [4.69, 9.17) is 9.84 Å². The number of hydrogen-bond acceptors (Lipinski definition) is 3. The maximum atomic E-state index is 5.68. The summed E-state index contributed by atoms with van der Waals surface area (Å²) in [5, 5.41) is 8.27. The van der Waals surface area contributed by atoms with Crippen molar-refractivity contribution in [3.05, 3.63) is 85.1 Å². The van der Waals surface area contributed by atoms with Gasteiger partial charge in [0.2, 0.25) is 0 Å². The van der Waals surface area contributed by atoms with Gasteiger partial charge in [0.1, 0.15) is 5.75 Å². The summed E-state index contributed by atoms with van der Waals surface area (Å²) in [6, 6.07) is 20.6. The number of methoxy groups -OCH3 is 1. The lowest BCUT2D eigenvalue weighted by molar-refractivity contribution is 0.420. The minimum Gasteiger partial charge on any atom is -0.496 e. The predicted molar refractivity (Wildman–Crippen MR) is 106 cm³/mol. The van der Waals surface area contributed by atoms with Crippen LogP contribution >= 0.6 is 0 Å². The van der Waals surface area contributed by atoms with Gasteiger partial charge < -0.3 is 9.30 Å². The van der Waals surface area contributed by atoms with Crippen LogP contribution in [0.5, 0.6) is 5.75 Å². The molecule has 0 atom stereocenters. The molecule has 0 N–H and O–H groups in total. The lowest BCUT2D eigenvalue weighted by Gasteiger charge is -2.09. The summed E-state index contributed by atoms with van der Waals surface area (Å²) in [6.07, 6.45) is 5.55. The minimum atomic E-state index is 0.651. The Kier molecular flexibility index (Phi) is 3.64. The average molecular weight is 354 g/mol. The molecule has 27 heavy (non-hydrogen) atoms. The van der Waals surface area contributed by atoms with Gasteiger partial charge in [-0.2, -0.15) is 5.10 Å². The summed E-state index contributed by atoms with van der Waals surface area (Å²) in [5.41, 5.74) is 3.11. The van der Waals surface area contributed by atoms with E-state index in [1.807, 2.05) is 46.0 Å². The summed E-state index contributed by atoms with van der Waals surface area (Å²) in [7, 11) is 1.71. The van der Waals surface area contributed by atoms with Gasteiger partial charge in [-0.3, -0.25) is 0 Å². The minimum absolute atomic E-state index is 0.651. The molecule has 0 aliphatic carbocycles. The van der Waals surface area contributed by atoms with Crippen molar-refractivity contribution in [2.24, 2.45) is 0 Å². The van der Waals surface area contributed by atoms with E-state index in [1.54, 1.807) is 13.3 Å². The maximum Gasteiger partial charge on any atom is 0.127 e. The van der Waals surface area contributed by atoms with Crippen LogP contribution in [0.1, 0.15) is 5.69 Å². The molecule has 0 saturated heterocycles. The first-order valence-electron chi connectivity index (χ1n) is 8.83. The van der Waals surface area contributed by atoms with E-state index in [2.05, 4.69) is 41.4 Å². The monoisotopic (exact) mass is 354 g/mol. The highest BCUT2D eigenvalue weighted by Crippen LogP contribution is 2.36. The zero-order valence-corrected chi connectivity index (χ0v) is 14.9. The average Bonchev–Trinajstić information content (AvgIpc) is 3.36.